The van der Waals surface area contributed by atoms with E-state index in [0.29, 0.717) is 32.7 Å². The minimum atomic E-state index is -3.04. The monoisotopic (exact) mass is 280 g/mol. The molecule has 1 rings (SSSR count). The normalized spacial score (nSPS) is 23.9. The number of hydrogen-bond donors (Lipinski definition) is 1. The summed E-state index contributed by atoms with van der Waals surface area (Å²) in [5, 5.41) is 9.13. The summed E-state index contributed by atoms with van der Waals surface area (Å²) in [6.45, 7) is 1.21. The molecule has 0 aromatic rings. The van der Waals surface area contributed by atoms with Crippen molar-refractivity contribution >= 4 is 15.8 Å². The summed E-state index contributed by atoms with van der Waals surface area (Å²) in [7, 11) is -1.48. The summed E-state index contributed by atoms with van der Waals surface area (Å²) in [5.74, 6) is -1.76. The predicted octanol–water partition coefficient (Wildman–Crippen LogP) is 0.175. The molecule has 1 heterocycles. The number of ether oxygens (including phenoxy) is 2. The minimum absolute atomic E-state index is 0.0119. The van der Waals surface area contributed by atoms with Gasteiger partial charge in [-0.3, -0.25) is 4.79 Å². The maximum absolute atomic E-state index is 11.3. The Bertz CT molecular complexity index is 364. The molecule has 1 aliphatic heterocycles. The molecule has 0 aromatic carbocycles. The molecule has 1 saturated heterocycles. The van der Waals surface area contributed by atoms with E-state index in [1.165, 1.54) is 0 Å². The summed E-state index contributed by atoms with van der Waals surface area (Å²) < 4.78 is 32.7. The first-order valence-electron chi connectivity index (χ1n) is 5.96. The van der Waals surface area contributed by atoms with Gasteiger partial charge in [-0.25, -0.2) is 8.42 Å². The number of methoxy groups -OCH3 is 1. The fraction of sp³-hybridized carbons (Fsp3) is 0.909. The van der Waals surface area contributed by atoms with Gasteiger partial charge in [0.15, 0.2) is 9.84 Å². The van der Waals surface area contributed by atoms with E-state index in [9.17, 15) is 13.2 Å². The predicted molar refractivity (Wildman–Crippen MR) is 65.2 cm³/mol. The highest BCUT2D eigenvalue weighted by molar-refractivity contribution is 7.91. The van der Waals surface area contributed by atoms with Crippen molar-refractivity contribution in [1.82, 2.24) is 0 Å². The standard InChI is InChI=1S/C11H20O6S/c1-16-5-6-17-4-2-10(11(12)13)9-3-7-18(14,15)8-9/h9-10H,2-8H2,1H3,(H,12,13). The number of carbonyl (C=O) groups is 1. The third kappa shape index (κ3) is 4.91. The van der Waals surface area contributed by atoms with E-state index in [1.807, 2.05) is 0 Å². The summed E-state index contributed by atoms with van der Waals surface area (Å²) in [6.07, 6.45) is 0.788. The largest absolute Gasteiger partial charge is 0.481 e. The first-order chi connectivity index (χ1) is 8.46. The van der Waals surface area contributed by atoms with Crippen molar-refractivity contribution in [1.29, 1.82) is 0 Å². The third-order valence-corrected chi connectivity index (χ3v) is 4.95. The van der Waals surface area contributed by atoms with E-state index in [-0.39, 0.29) is 17.4 Å². The van der Waals surface area contributed by atoms with Crippen LogP contribution in [-0.4, -0.2) is 57.9 Å². The molecule has 0 bridgehead atoms. The van der Waals surface area contributed by atoms with Crippen molar-refractivity contribution in [3.05, 3.63) is 0 Å². The Balaban J connectivity index is 2.39. The molecule has 106 valence electrons. The van der Waals surface area contributed by atoms with Gasteiger partial charge in [-0.05, 0) is 18.8 Å². The van der Waals surface area contributed by atoms with E-state index >= 15 is 0 Å². The molecule has 2 unspecified atom stereocenters. The fourth-order valence-corrected chi connectivity index (χ4v) is 4.04. The van der Waals surface area contributed by atoms with Crippen LogP contribution in [0.1, 0.15) is 12.8 Å². The maximum atomic E-state index is 11.3. The van der Waals surface area contributed by atoms with Gasteiger partial charge in [0.1, 0.15) is 0 Å². The van der Waals surface area contributed by atoms with Gasteiger partial charge in [0.05, 0.1) is 30.6 Å². The zero-order valence-electron chi connectivity index (χ0n) is 10.5. The second-order valence-corrected chi connectivity index (χ2v) is 6.73. The lowest BCUT2D eigenvalue weighted by Gasteiger charge is -2.17. The van der Waals surface area contributed by atoms with E-state index in [1.54, 1.807) is 7.11 Å². The molecule has 7 heteroatoms. The third-order valence-electron chi connectivity index (χ3n) is 3.16. The molecule has 0 aromatic heterocycles. The Hall–Kier alpha value is -0.660. The zero-order valence-corrected chi connectivity index (χ0v) is 11.3. The van der Waals surface area contributed by atoms with Crippen LogP contribution in [0.15, 0.2) is 0 Å². The van der Waals surface area contributed by atoms with Gasteiger partial charge in [0, 0.05) is 13.7 Å². The summed E-state index contributed by atoms with van der Waals surface area (Å²) >= 11 is 0. The van der Waals surface area contributed by atoms with Crippen LogP contribution in [-0.2, 0) is 24.1 Å². The van der Waals surface area contributed by atoms with Crippen molar-refractivity contribution in [3.8, 4) is 0 Å². The van der Waals surface area contributed by atoms with Crippen molar-refractivity contribution in [2.24, 2.45) is 11.8 Å². The lowest BCUT2D eigenvalue weighted by molar-refractivity contribution is -0.144. The van der Waals surface area contributed by atoms with Crippen LogP contribution in [0.3, 0.4) is 0 Å². The van der Waals surface area contributed by atoms with E-state index in [0.717, 1.165) is 0 Å². The number of hydrogen-bond acceptors (Lipinski definition) is 5. The average molecular weight is 280 g/mol. The smallest absolute Gasteiger partial charge is 0.306 e. The Morgan fingerprint density at radius 2 is 2.11 bits per heavy atom. The molecule has 2 atom stereocenters. The second-order valence-electron chi connectivity index (χ2n) is 4.50. The first-order valence-corrected chi connectivity index (χ1v) is 7.78. The number of carboxylic acid groups (broad SMARTS) is 1. The molecule has 1 aliphatic rings. The van der Waals surface area contributed by atoms with Gasteiger partial charge in [0.25, 0.3) is 0 Å². The van der Waals surface area contributed by atoms with Crippen LogP contribution < -0.4 is 0 Å². The van der Waals surface area contributed by atoms with Gasteiger partial charge < -0.3 is 14.6 Å². The van der Waals surface area contributed by atoms with Crippen LogP contribution in [0, 0.1) is 11.8 Å². The SMILES string of the molecule is COCCOCCC(C(=O)O)C1CCS(=O)(=O)C1. The molecule has 0 saturated carbocycles. The number of aliphatic carboxylic acids is 1. The van der Waals surface area contributed by atoms with Crippen LogP contribution in [0.5, 0.6) is 0 Å². The number of sulfone groups is 1. The molecule has 6 nitrogen and oxygen atoms in total. The summed E-state index contributed by atoms with van der Waals surface area (Å²) in [5.41, 5.74) is 0. The zero-order chi connectivity index (χ0) is 13.6. The molecular formula is C11H20O6S. The van der Waals surface area contributed by atoms with Crippen LogP contribution >= 0.6 is 0 Å². The molecule has 1 fully saturated rings. The van der Waals surface area contributed by atoms with Crippen LogP contribution in [0.2, 0.25) is 0 Å². The summed E-state index contributed by atoms with van der Waals surface area (Å²) in [6, 6.07) is 0. The van der Waals surface area contributed by atoms with Gasteiger partial charge in [-0.2, -0.15) is 0 Å². The van der Waals surface area contributed by atoms with Gasteiger partial charge in [-0.1, -0.05) is 0 Å². The lowest BCUT2D eigenvalue weighted by atomic mass is 9.89. The molecule has 1 N–H and O–H groups in total. The number of rotatable bonds is 8. The highest BCUT2D eigenvalue weighted by Crippen LogP contribution is 2.28. The Morgan fingerprint density at radius 3 is 2.61 bits per heavy atom. The molecule has 18 heavy (non-hydrogen) atoms. The van der Waals surface area contributed by atoms with E-state index < -0.39 is 21.7 Å². The maximum Gasteiger partial charge on any atom is 0.306 e. The average Bonchev–Trinajstić information content (AvgIpc) is 2.63. The van der Waals surface area contributed by atoms with Gasteiger partial charge in [-0.15, -0.1) is 0 Å². The highest BCUT2D eigenvalue weighted by Gasteiger charge is 2.36. The molecule has 0 spiro atoms. The quantitative estimate of drug-likeness (QED) is 0.638. The van der Waals surface area contributed by atoms with Gasteiger partial charge >= 0.3 is 5.97 Å². The number of carboxylic acids is 1. The fourth-order valence-electron chi connectivity index (χ4n) is 2.16. The van der Waals surface area contributed by atoms with E-state index in [2.05, 4.69) is 0 Å². The highest BCUT2D eigenvalue weighted by atomic mass is 32.2. The lowest BCUT2D eigenvalue weighted by Crippen LogP contribution is -2.26. The Kier molecular flexibility index (Phi) is 6.04. The van der Waals surface area contributed by atoms with Gasteiger partial charge in [0.2, 0.25) is 0 Å². The molecule has 0 aliphatic carbocycles. The van der Waals surface area contributed by atoms with Crippen molar-refractivity contribution in [2.45, 2.75) is 12.8 Å². The van der Waals surface area contributed by atoms with E-state index in [4.69, 9.17) is 14.6 Å². The summed E-state index contributed by atoms with van der Waals surface area (Å²) in [4.78, 5) is 11.1. The van der Waals surface area contributed by atoms with Crippen LogP contribution in [0.25, 0.3) is 0 Å². The molecule has 0 amide bonds. The molecular weight excluding hydrogens is 260 g/mol. The second kappa shape index (κ2) is 7.06. The molecule has 0 radical (unpaired) electrons. The van der Waals surface area contributed by atoms with Crippen molar-refractivity contribution < 1.29 is 27.8 Å². The van der Waals surface area contributed by atoms with Crippen molar-refractivity contribution in [3.63, 3.8) is 0 Å². The topological polar surface area (TPSA) is 89.9 Å². The van der Waals surface area contributed by atoms with Crippen LogP contribution in [0.4, 0.5) is 0 Å². The van der Waals surface area contributed by atoms with Crippen molar-refractivity contribution in [2.75, 3.05) is 38.4 Å². The Morgan fingerprint density at radius 1 is 1.39 bits per heavy atom. The first kappa shape index (κ1) is 15.4. The Labute approximate surface area is 107 Å². The minimum Gasteiger partial charge on any atom is -0.481 e.